The van der Waals surface area contributed by atoms with Crippen molar-refractivity contribution in [3.8, 4) is 39.1 Å². The van der Waals surface area contributed by atoms with Crippen molar-refractivity contribution in [1.29, 1.82) is 0 Å². The minimum Gasteiger partial charge on any atom is -0.355 e. The number of benzene rings is 8. The summed E-state index contributed by atoms with van der Waals surface area (Å²) in [5.74, 6) is 0. The molecule has 1 aromatic heterocycles. The zero-order chi connectivity index (χ0) is 34.1. The zero-order valence-electron chi connectivity index (χ0n) is 28.7. The molecule has 0 saturated heterocycles. The van der Waals surface area contributed by atoms with E-state index in [-0.39, 0.29) is 5.41 Å². The monoisotopic (exact) mass is 652 g/mol. The Morgan fingerprint density at radius 3 is 2.04 bits per heavy atom. The number of anilines is 2. The third kappa shape index (κ3) is 4.64. The normalized spacial score (nSPS) is 13.1. The number of hydrogen-bond acceptors (Lipinski definition) is 1. The minimum absolute atomic E-state index is 0.0799. The second kappa shape index (κ2) is 11.3. The average Bonchev–Trinajstić information content (AvgIpc) is 3.63. The Balaban J connectivity index is 1.18. The van der Waals surface area contributed by atoms with Crippen molar-refractivity contribution in [2.75, 3.05) is 5.32 Å². The van der Waals surface area contributed by atoms with E-state index in [4.69, 9.17) is 0 Å². The highest BCUT2D eigenvalue weighted by molar-refractivity contribution is 6.10. The molecule has 0 bridgehead atoms. The molecule has 0 spiro atoms. The maximum Gasteiger partial charge on any atom is 0.0541 e. The topological polar surface area (TPSA) is 17.0 Å². The molecular weight excluding hydrogens is 617 g/mol. The quantitative estimate of drug-likeness (QED) is 0.196. The van der Waals surface area contributed by atoms with Gasteiger partial charge >= 0.3 is 0 Å². The van der Waals surface area contributed by atoms with E-state index < -0.39 is 0 Å². The Labute approximate surface area is 298 Å². The molecular formula is C49H36N2. The number of nitrogens with zero attached hydrogens (tertiary/aromatic N) is 1. The highest BCUT2D eigenvalue weighted by atomic mass is 15.0. The van der Waals surface area contributed by atoms with Gasteiger partial charge in [0.25, 0.3) is 0 Å². The molecule has 9 aromatic rings. The third-order valence-electron chi connectivity index (χ3n) is 11.0. The van der Waals surface area contributed by atoms with Crippen LogP contribution in [0.4, 0.5) is 11.4 Å². The summed E-state index contributed by atoms with van der Waals surface area (Å²) < 4.78 is 2.38. The van der Waals surface area contributed by atoms with E-state index in [1.165, 1.54) is 82.8 Å². The Morgan fingerprint density at radius 2 is 1.14 bits per heavy atom. The molecule has 2 nitrogen and oxygen atoms in total. The van der Waals surface area contributed by atoms with Gasteiger partial charge in [0.2, 0.25) is 0 Å². The molecule has 0 atom stereocenters. The summed E-state index contributed by atoms with van der Waals surface area (Å²) in [7, 11) is 0. The molecule has 10 rings (SSSR count). The first-order valence-electron chi connectivity index (χ1n) is 17.8. The molecule has 0 radical (unpaired) electrons. The zero-order valence-corrected chi connectivity index (χ0v) is 28.7. The maximum absolute atomic E-state index is 3.85. The fraction of sp³-hybridized carbons (Fsp3) is 0.0612. The molecule has 0 saturated carbocycles. The van der Waals surface area contributed by atoms with Gasteiger partial charge in [-0.1, -0.05) is 135 Å². The largest absolute Gasteiger partial charge is 0.355 e. The predicted octanol–water partition coefficient (Wildman–Crippen LogP) is 13.3. The van der Waals surface area contributed by atoms with E-state index in [1.54, 1.807) is 0 Å². The van der Waals surface area contributed by atoms with E-state index in [1.807, 2.05) is 0 Å². The molecule has 2 heteroatoms. The van der Waals surface area contributed by atoms with Crippen molar-refractivity contribution < 1.29 is 0 Å². The Hall–Kier alpha value is -6.38. The third-order valence-corrected chi connectivity index (χ3v) is 11.0. The number of rotatable bonds is 5. The van der Waals surface area contributed by atoms with Crippen LogP contribution in [0, 0.1) is 0 Å². The number of hydrogen-bond donors (Lipinski definition) is 1. The van der Waals surface area contributed by atoms with Gasteiger partial charge in [0, 0.05) is 38.8 Å². The lowest BCUT2D eigenvalue weighted by Gasteiger charge is -2.22. The lowest BCUT2D eigenvalue weighted by Crippen LogP contribution is -2.14. The van der Waals surface area contributed by atoms with Gasteiger partial charge in [-0.05, 0) is 104 Å². The predicted molar refractivity (Wildman–Crippen MR) is 216 cm³/mol. The smallest absolute Gasteiger partial charge is 0.0541 e. The molecule has 242 valence electrons. The van der Waals surface area contributed by atoms with Crippen molar-refractivity contribution in [2.45, 2.75) is 19.3 Å². The molecule has 1 N–H and O–H groups in total. The lowest BCUT2D eigenvalue weighted by atomic mass is 9.82. The van der Waals surface area contributed by atoms with Gasteiger partial charge in [-0.3, -0.25) is 0 Å². The molecule has 0 aliphatic heterocycles. The highest BCUT2D eigenvalue weighted by Crippen LogP contribution is 2.53. The molecule has 1 heterocycles. The Bertz CT molecular complexity index is 2800. The van der Waals surface area contributed by atoms with E-state index in [0.29, 0.717) is 0 Å². The van der Waals surface area contributed by atoms with Crippen LogP contribution in [-0.2, 0) is 5.41 Å². The second-order valence-electron chi connectivity index (χ2n) is 14.3. The summed E-state index contributed by atoms with van der Waals surface area (Å²) in [6, 6.07) is 64.3. The summed E-state index contributed by atoms with van der Waals surface area (Å²) in [5.41, 5.74) is 15.9. The van der Waals surface area contributed by atoms with Gasteiger partial charge < -0.3 is 9.88 Å². The Kier molecular flexibility index (Phi) is 6.56. The molecule has 1 aliphatic rings. The van der Waals surface area contributed by atoms with E-state index in [0.717, 1.165) is 11.4 Å². The molecule has 1 aliphatic carbocycles. The van der Waals surface area contributed by atoms with Gasteiger partial charge in [-0.25, -0.2) is 0 Å². The van der Waals surface area contributed by atoms with Crippen LogP contribution in [0.15, 0.2) is 176 Å². The molecule has 0 unspecified atom stereocenters. The fourth-order valence-electron chi connectivity index (χ4n) is 8.46. The first-order chi connectivity index (χ1) is 25.0. The fourth-order valence-corrected chi connectivity index (χ4v) is 8.46. The van der Waals surface area contributed by atoms with Gasteiger partial charge in [-0.2, -0.15) is 0 Å². The van der Waals surface area contributed by atoms with Crippen LogP contribution >= 0.6 is 0 Å². The Morgan fingerprint density at radius 1 is 0.451 bits per heavy atom. The summed E-state index contributed by atoms with van der Waals surface area (Å²) in [6.45, 7) is 4.71. The number of fused-ring (bicyclic) bond motifs is 7. The average molecular weight is 653 g/mol. The van der Waals surface area contributed by atoms with Crippen molar-refractivity contribution >= 4 is 44.0 Å². The summed E-state index contributed by atoms with van der Waals surface area (Å²) in [6.07, 6.45) is 0. The van der Waals surface area contributed by atoms with Crippen LogP contribution in [0.3, 0.4) is 0 Å². The number of para-hydroxylation sites is 2. The van der Waals surface area contributed by atoms with Crippen molar-refractivity contribution in [3.05, 3.63) is 187 Å². The van der Waals surface area contributed by atoms with Crippen LogP contribution in [0.1, 0.15) is 25.0 Å². The van der Waals surface area contributed by atoms with Crippen LogP contribution in [-0.4, -0.2) is 4.57 Å². The number of nitrogens with one attached hydrogen (secondary N) is 1. The standard InChI is InChI=1S/C49H36N2/c1-49(2)43-20-10-8-18-40(43)48-39(19-12-21-44(48)49)41-30-34(24-27-45(41)50-36-26-23-32-13-6-7-14-33(32)29-36)35-25-28-47-42(31-35)38-17-9-11-22-46(38)51(47)37-15-4-3-5-16-37/h3-31,50H,1-2H3. The highest BCUT2D eigenvalue weighted by Gasteiger charge is 2.36. The number of aromatic nitrogens is 1. The van der Waals surface area contributed by atoms with Crippen molar-refractivity contribution in [2.24, 2.45) is 0 Å². The summed E-state index contributed by atoms with van der Waals surface area (Å²) in [4.78, 5) is 0. The van der Waals surface area contributed by atoms with Crippen LogP contribution in [0.5, 0.6) is 0 Å². The summed E-state index contributed by atoms with van der Waals surface area (Å²) >= 11 is 0. The second-order valence-corrected chi connectivity index (χ2v) is 14.3. The van der Waals surface area contributed by atoms with Gasteiger partial charge in [0.05, 0.1) is 11.0 Å². The van der Waals surface area contributed by atoms with Crippen LogP contribution in [0.25, 0.3) is 71.6 Å². The van der Waals surface area contributed by atoms with E-state index in [2.05, 4.69) is 200 Å². The molecule has 8 aromatic carbocycles. The maximum atomic E-state index is 3.85. The van der Waals surface area contributed by atoms with Crippen molar-refractivity contribution in [1.82, 2.24) is 4.57 Å². The molecule has 0 fully saturated rings. The lowest BCUT2D eigenvalue weighted by molar-refractivity contribution is 0.660. The van der Waals surface area contributed by atoms with Gasteiger partial charge in [0.1, 0.15) is 0 Å². The molecule has 0 amide bonds. The van der Waals surface area contributed by atoms with Crippen molar-refractivity contribution in [3.63, 3.8) is 0 Å². The van der Waals surface area contributed by atoms with E-state index in [9.17, 15) is 0 Å². The van der Waals surface area contributed by atoms with Gasteiger partial charge in [0.15, 0.2) is 0 Å². The van der Waals surface area contributed by atoms with Crippen LogP contribution < -0.4 is 5.32 Å². The van der Waals surface area contributed by atoms with Crippen LogP contribution in [0.2, 0.25) is 0 Å². The first-order valence-corrected chi connectivity index (χ1v) is 17.8. The SMILES string of the molecule is CC1(C)c2ccccc2-c2c(-c3cc(-c4ccc5c(c4)c4ccccc4n5-c4ccccc4)ccc3Nc3ccc4ccccc4c3)cccc21. The minimum atomic E-state index is -0.0799. The first kappa shape index (κ1) is 29.5. The molecule has 51 heavy (non-hydrogen) atoms. The van der Waals surface area contributed by atoms with Gasteiger partial charge in [-0.15, -0.1) is 0 Å². The summed E-state index contributed by atoms with van der Waals surface area (Å²) in [5, 5.41) is 8.82. The van der Waals surface area contributed by atoms with E-state index >= 15 is 0 Å².